The van der Waals surface area contributed by atoms with Gasteiger partial charge in [-0.3, -0.25) is 8.63 Å². The van der Waals surface area contributed by atoms with Gasteiger partial charge in [-0.1, -0.05) is 66.6 Å². The van der Waals surface area contributed by atoms with Gasteiger partial charge in [0, 0.05) is 22.4 Å². The van der Waals surface area contributed by atoms with Crippen molar-refractivity contribution in [1.29, 1.82) is 0 Å². The van der Waals surface area contributed by atoms with Gasteiger partial charge in [0.1, 0.15) is 23.9 Å². The second-order valence-corrected chi connectivity index (χ2v) is 9.70. The fraction of sp³-hybridized carbons (Fsp3) is 0.0286. The standard InChI is InChI=1S/C35H24BF2N3O2/c1-2-21-43-29-19-15-26(16-20-29)32-22-30(24-9-5-3-6-10-24)34(39-32)40-35-31(25-11-7-4-8-12-25)23-33(41(35)36(37)38)27-13-17-28(42)18-14-27/h1,3-20,22-23,42H,21H2/b40-34-. The van der Waals surface area contributed by atoms with Crippen LogP contribution < -0.4 is 4.74 Å². The van der Waals surface area contributed by atoms with E-state index in [1.165, 1.54) is 12.1 Å². The van der Waals surface area contributed by atoms with Crippen LogP contribution in [0.2, 0.25) is 0 Å². The number of hydrogen-bond acceptors (Lipinski definition) is 3. The van der Waals surface area contributed by atoms with Gasteiger partial charge in [-0.05, 0) is 77.4 Å². The topological polar surface area (TPSA) is 59.1 Å². The van der Waals surface area contributed by atoms with Crippen molar-refractivity contribution in [2.75, 3.05) is 6.61 Å². The van der Waals surface area contributed by atoms with E-state index in [1.54, 1.807) is 30.3 Å². The highest BCUT2D eigenvalue weighted by Crippen LogP contribution is 2.40. The summed E-state index contributed by atoms with van der Waals surface area (Å²) in [5.41, 5.74) is 5.05. The zero-order valence-electron chi connectivity index (χ0n) is 22.9. The molecule has 6 rings (SSSR count). The van der Waals surface area contributed by atoms with Gasteiger partial charge in [-0.15, -0.1) is 6.42 Å². The second-order valence-electron chi connectivity index (χ2n) is 9.70. The van der Waals surface area contributed by atoms with Crippen LogP contribution in [0.1, 0.15) is 11.1 Å². The van der Waals surface area contributed by atoms with E-state index < -0.39 is 7.40 Å². The lowest BCUT2D eigenvalue weighted by Gasteiger charge is -2.10. The van der Waals surface area contributed by atoms with Crippen LogP contribution in [0.3, 0.4) is 0 Å². The predicted molar refractivity (Wildman–Crippen MR) is 169 cm³/mol. The average molecular weight is 567 g/mol. The summed E-state index contributed by atoms with van der Waals surface area (Å²) < 4.78 is 36.2. The molecular weight excluding hydrogens is 543 g/mol. The summed E-state index contributed by atoms with van der Waals surface area (Å²) in [6.07, 6.45) is 7.21. The fourth-order valence-electron chi connectivity index (χ4n) is 4.93. The molecule has 0 saturated carbocycles. The van der Waals surface area contributed by atoms with Crippen LogP contribution in [0.25, 0.3) is 28.0 Å². The highest BCUT2D eigenvalue weighted by atomic mass is 19.2. The summed E-state index contributed by atoms with van der Waals surface area (Å²) in [6, 6.07) is 34.1. The van der Waals surface area contributed by atoms with E-state index in [-0.39, 0.29) is 23.9 Å². The number of ether oxygens (including phenoxy) is 1. The Morgan fingerprint density at radius 1 is 0.814 bits per heavy atom. The predicted octanol–water partition coefficient (Wildman–Crippen LogP) is 7.93. The Morgan fingerprint density at radius 3 is 2.07 bits per heavy atom. The lowest BCUT2D eigenvalue weighted by molar-refractivity contribution is 0.370. The number of aromatic hydroxyl groups is 1. The molecule has 0 aliphatic carbocycles. The Balaban J connectivity index is 1.54. The average Bonchev–Trinajstić information content (AvgIpc) is 3.64. The van der Waals surface area contributed by atoms with Gasteiger partial charge in [0.05, 0.1) is 5.71 Å². The number of amidine groups is 1. The van der Waals surface area contributed by atoms with Crippen LogP contribution in [0, 0.1) is 12.3 Å². The molecule has 0 fully saturated rings. The highest BCUT2D eigenvalue weighted by molar-refractivity contribution is 6.43. The van der Waals surface area contributed by atoms with Crippen molar-refractivity contribution in [3.63, 3.8) is 0 Å². The van der Waals surface area contributed by atoms with Crippen LogP contribution in [-0.2, 0) is 0 Å². The summed E-state index contributed by atoms with van der Waals surface area (Å²) >= 11 is 0. The van der Waals surface area contributed by atoms with Crippen LogP contribution >= 0.6 is 0 Å². The van der Waals surface area contributed by atoms with Crippen molar-refractivity contribution < 1.29 is 18.5 Å². The molecule has 0 unspecified atom stereocenters. The zero-order chi connectivity index (χ0) is 29.8. The third kappa shape index (κ3) is 5.74. The number of terminal acetylenes is 1. The van der Waals surface area contributed by atoms with Crippen molar-refractivity contribution in [3.05, 3.63) is 132 Å². The first kappa shape index (κ1) is 27.5. The molecule has 0 radical (unpaired) electrons. The van der Waals surface area contributed by atoms with Crippen LogP contribution in [-0.4, -0.2) is 35.1 Å². The number of hydrogen-bond donors (Lipinski definition) is 1. The minimum Gasteiger partial charge on any atom is -0.508 e. The Bertz CT molecular complexity index is 1890. The smallest absolute Gasteiger partial charge is 0.508 e. The van der Waals surface area contributed by atoms with E-state index in [9.17, 15) is 13.7 Å². The Morgan fingerprint density at radius 2 is 1.44 bits per heavy atom. The van der Waals surface area contributed by atoms with E-state index in [1.807, 2.05) is 78.9 Å². The van der Waals surface area contributed by atoms with Gasteiger partial charge in [-0.25, -0.2) is 9.98 Å². The van der Waals surface area contributed by atoms with E-state index in [0.29, 0.717) is 34.0 Å². The van der Waals surface area contributed by atoms with Crippen molar-refractivity contribution in [2.24, 2.45) is 9.98 Å². The number of benzene rings is 4. The van der Waals surface area contributed by atoms with Crippen LogP contribution in [0.15, 0.2) is 131 Å². The molecule has 43 heavy (non-hydrogen) atoms. The Kier molecular flexibility index (Phi) is 7.71. The summed E-state index contributed by atoms with van der Waals surface area (Å²) in [5, 5.41) is 9.81. The minimum absolute atomic E-state index is 0.0451. The van der Waals surface area contributed by atoms with Crippen LogP contribution in [0.5, 0.6) is 11.5 Å². The highest BCUT2D eigenvalue weighted by Gasteiger charge is 2.29. The third-order valence-corrected chi connectivity index (χ3v) is 6.97. The van der Waals surface area contributed by atoms with Crippen molar-refractivity contribution in [1.82, 2.24) is 4.48 Å². The molecule has 0 bridgehead atoms. The molecule has 0 saturated heterocycles. The third-order valence-electron chi connectivity index (χ3n) is 6.97. The lowest BCUT2D eigenvalue weighted by atomic mass is 10.0. The molecule has 5 nitrogen and oxygen atoms in total. The van der Waals surface area contributed by atoms with Gasteiger partial charge >= 0.3 is 7.40 Å². The summed E-state index contributed by atoms with van der Waals surface area (Å²) in [7, 11) is -2.90. The summed E-state index contributed by atoms with van der Waals surface area (Å²) in [5.74, 6) is 3.50. The second kappa shape index (κ2) is 12.1. The number of phenolic OH excluding ortho intramolecular Hbond substituents is 1. The van der Waals surface area contributed by atoms with Crippen molar-refractivity contribution >= 4 is 30.3 Å². The normalized spacial score (nSPS) is 13.4. The van der Waals surface area contributed by atoms with Crippen LogP contribution in [0.4, 0.5) is 14.4 Å². The Labute approximate surface area is 248 Å². The molecule has 0 atom stereocenters. The summed E-state index contributed by atoms with van der Waals surface area (Å²) in [4.78, 5) is 9.70. The van der Waals surface area contributed by atoms with E-state index in [4.69, 9.17) is 21.1 Å². The van der Waals surface area contributed by atoms with E-state index in [0.717, 1.165) is 21.2 Å². The first-order chi connectivity index (χ1) is 21.0. The van der Waals surface area contributed by atoms with Gasteiger partial charge in [0.2, 0.25) is 0 Å². The molecule has 4 aromatic carbocycles. The van der Waals surface area contributed by atoms with Gasteiger partial charge in [0.15, 0.2) is 5.84 Å². The molecule has 1 aromatic heterocycles. The first-order valence-corrected chi connectivity index (χ1v) is 13.5. The van der Waals surface area contributed by atoms with Gasteiger partial charge in [0.25, 0.3) is 0 Å². The molecule has 208 valence electrons. The lowest BCUT2D eigenvalue weighted by Crippen LogP contribution is -2.14. The summed E-state index contributed by atoms with van der Waals surface area (Å²) in [6.45, 7) is 0.162. The van der Waals surface area contributed by atoms with E-state index >= 15 is 0 Å². The fourth-order valence-corrected chi connectivity index (χ4v) is 4.93. The first-order valence-electron chi connectivity index (χ1n) is 13.5. The van der Waals surface area contributed by atoms with Gasteiger partial charge < -0.3 is 14.3 Å². The Hall–Kier alpha value is -5.68. The number of allylic oxidation sites excluding steroid dienone is 1. The maximum absolute atomic E-state index is 14.9. The number of aliphatic imine (C=N–C) groups is 2. The minimum atomic E-state index is -2.90. The number of halogens is 2. The van der Waals surface area contributed by atoms with Crippen molar-refractivity contribution in [3.8, 4) is 46.2 Å². The molecular formula is C35H24BF2N3O2. The molecule has 1 aliphatic heterocycles. The number of phenols is 1. The molecule has 2 heterocycles. The molecule has 5 aromatic rings. The molecule has 1 aliphatic rings. The quantitative estimate of drug-likeness (QED) is 0.153. The zero-order valence-corrected chi connectivity index (χ0v) is 22.9. The van der Waals surface area contributed by atoms with Gasteiger partial charge in [-0.2, -0.15) is 0 Å². The number of nitrogens with zero attached hydrogens (tertiary/aromatic N) is 3. The van der Waals surface area contributed by atoms with Crippen molar-refractivity contribution in [2.45, 2.75) is 0 Å². The SMILES string of the molecule is C#CCOc1ccc(C2=N/C(=N\c3c(-c4ccccc4)cc(-c4ccc(O)cc4)n3B(F)F)C(c3ccccc3)=C2)cc1. The maximum atomic E-state index is 14.9. The molecule has 0 spiro atoms. The molecule has 1 N–H and O–H groups in total. The molecule has 0 amide bonds. The number of rotatable bonds is 8. The number of aromatic nitrogens is 1. The maximum Gasteiger partial charge on any atom is 0.679 e. The van der Waals surface area contributed by atoms with E-state index in [2.05, 4.69) is 5.92 Å². The molecule has 8 heteroatoms. The largest absolute Gasteiger partial charge is 0.679 e. The monoisotopic (exact) mass is 567 g/mol.